The van der Waals surface area contributed by atoms with Crippen molar-refractivity contribution in [2.24, 2.45) is 5.73 Å². The molecule has 0 saturated heterocycles. The Labute approximate surface area is 114 Å². The topological polar surface area (TPSA) is 48.1 Å². The van der Waals surface area contributed by atoms with E-state index in [0.29, 0.717) is 6.42 Å². The van der Waals surface area contributed by atoms with E-state index in [9.17, 15) is 13.2 Å². The molecule has 0 saturated carbocycles. The molecular formula is C14H15F3N2O. The molecular weight excluding hydrogens is 269 g/mol. The SMILES string of the molecule is NC(CCOCC(F)(F)F)c1cccc2cccnc12. The lowest BCUT2D eigenvalue weighted by molar-refractivity contribution is -0.174. The molecule has 0 bridgehead atoms. The molecule has 1 aromatic heterocycles. The van der Waals surface area contributed by atoms with Crippen molar-refractivity contribution in [1.29, 1.82) is 0 Å². The summed E-state index contributed by atoms with van der Waals surface area (Å²) in [6, 6.07) is 8.95. The predicted molar refractivity (Wildman–Crippen MR) is 70.2 cm³/mol. The number of halogens is 3. The van der Waals surface area contributed by atoms with Crippen LogP contribution < -0.4 is 5.73 Å². The third-order valence-corrected chi connectivity index (χ3v) is 2.90. The van der Waals surface area contributed by atoms with Crippen molar-refractivity contribution in [3.05, 3.63) is 42.1 Å². The van der Waals surface area contributed by atoms with E-state index < -0.39 is 18.8 Å². The van der Waals surface area contributed by atoms with Crippen LogP contribution in [0.1, 0.15) is 18.0 Å². The number of aromatic nitrogens is 1. The van der Waals surface area contributed by atoms with Gasteiger partial charge in [-0.15, -0.1) is 0 Å². The second-order valence-corrected chi connectivity index (χ2v) is 4.49. The van der Waals surface area contributed by atoms with Crippen LogP contribution in [-0.2, 0) is 4.74 Å². The van der Waals surface area contributed by atoms with E-state index in [1.54, 1.807) is 6.20 Å². The van der Waals surface area contributed by atoms with Crippen molar-refractivity contribution in [2.45, 2.75) is 18.6 Å². The fourth-order valence-electron chi connectivity index (χ4n) is 1.98. The Morgan fingerprint density at radius 3 is 2.70 bits per heavy atom. The highest BCUT2D eigenvalue weighted by molar-refractivity contribution is 5.81. The number of nitrogens with zero attached hydrogens (tertiary/aromatic N) is 1. The van der Waals surface area contributed by atoms with E-state index in [1.165, 1.54) is 0 Å². The summed E-state index contributed by atoms with van der Waals surface area (Å²) < 4.78 is 40.4. The van der Waals surface area contributed by atoms with Crippen molar-refractivity contribution in [3.63, 3.8) is 0 Å². The molecule has 2 aromatic rings. The van der Waals surface area contributed by atoms with Crippen LogP contribution in [-0.4, -0.2) is 24.4 Å². The van der Waals surface area contributed by atoms with E-state index in [1.807, 2.05) is 30.3 Å². The molecule has 1 atom stereocenters. The minimum Gasteiger partial charge on any atom is -0.372 e. The Hall–Kier alpha value is -1.66. The first-order chi connectivity index (χ1) is 9.47. The summed E-state index contributed by atoms with van der Waals surface area (Å²) in [6.07, 6.45) is -2.32. The van der Waals surface area contributed by atoms with Gasteiger partial charge in [-0.1, -0.05) is 24.3 Å². The fraction of sp³-hybridized carbons (Fsp3) is 0.357. The lowest BCUT2D eigenvalue weighted by Crippen LogP contribution is -2.20. The molecule has 0 radical (unpaired) electrons. The van der Waals surface area contributed by atoms with Crippen molar-refractivity contribution in [3.8, 4) is 0 Å². The molecule has 108 valence electrons. The van der Waals surface area contributed by atoms with E-state index in [4.69, 9.17) is 5.73 Å². The van der Waals surface area contributed by atoms with Crippen LogP contribution in [0.2, 0.25) is 0 Å². The summed E-state index contributed by atoms with van der Waals surface area (Å²) in [5.41, 5.74) is 7.60. The zero-order chi connectivity index (χ0) is 14.6. The largest absolute Gasteiger partial charge is 0.411 e. The highest BCUT2D eigenvalue weighted by Crippen LogP contribution is 2.23. The van der Waals surface area contributed by atoms with Crippen molar-refractivity contribution in [1.82, 2.24) is 4.98 Å². The number of para-hydroxylation sites is 1. The Morgan fingerprint density at radius 1 is 1.20 bits per heavy atom. The number of fused-ring (bicyclic) bond motifs is 1. The molecule has 20 heavy (non-hydrogen) atoms. The second-order valence-electron chi connectivity index (χ2n) is 4.49. The van der Waals surface area contributed by atoms with Gasteiger partial charge < -0.3 is 10.5 Å². The van der Waals surface area contributed by atoms with Gasteiger partial charge in [-0.05, 0) is 18.1 Å². The molecule has 0 aliphatic carbocycles. The van der Waals surface area contributed by atoms with E-state index in [0.717, 1.165) is 16.5 Å². The number of hydrogen-bond donors (Lipinski definition) is 1. The predicted octanol–water partition coefficient (Wildman–Crippen LogP) is 3.20. The van der Waals surface area contributed by atoms with Gasteiger partial charge in [-0.2, -0.15) is 13.2 Å². The molecule has 2 N–H and O–H groups in total. The van der Waals surface area contributed by atoms with Crippen LogP contribution in [0, 0.1) is 0 Å². The summed E-state index contributed by atoms with van der Waals surface area (Å²) in [5.74, 6) is 0. The lowest BCUT2D eigenvalue weighted by Gasteiger charge is -2.14. The monoisotopic (exact) mass is 284 g/mol. The number of nitrogens with two attached hydrogens (primary N) is 1. The Kier molecular flexibility index (Phi) is 4.57. The third kappa shape index (κ3) is 3.91. The van der Waals surface area contributed by atoms with Crippen molar-refractivity contribution >= 4 is 10.9 Å². The second kappa shape index (κ2) is 6.19. The molecule has 6 heteroatoms. The number of ether oxygens (including phenoxy) is 1. The molecule has 0 amide bonds. The molecule has 0 aliphatic heterocycles. The van der Waals surface area contributed by atoms with Gasteiger partial charge in [0.15, 0.2) is 0 Å². The molecule has 0 fully saturated rings. The average Bonchev–Trinajstić information content (AvgIpc) is 2.41. The first-order valence-corrected chi connectivity index (χ1v) is 6.21. The number of alkyl halides is 3. The molecule has 0 aliphatic rings. The van der Waals surface area contributed by atoms with Crippen LogP contribution in [0.5, 0.6) is 0 Å². The number of rotatable bonds is 5. The van der Waals surface area contributed by atoms with Gasteiger partial charge in [0.05, 0.1) is 5.52 Å². The van der Waals surface area contributed by atoms with Crippen LogP contribution in [0.15, 0.2) is 36.5 Å². The van der Waals surface area contributed by atoms with E-state index in [-0.39, 0.29) is 6.61 Å². The Morgan fingerprint density at radius 2 is 1.95 bits per heavy atom. The summed E-state index contributed by atoms with van der Waals surface area (Å²) in [6.45, 7) is -1.28. The standard InChI is InChI=1S/C14H15F3N2O/c15-14(16,17)9-20-8-6-12(18)11-5-1-3-10-4-2-7-19-13(10)11/h1-5,7,12H,6,8-9,18H2. The number of benzene rings is 1. The van der Waals surface area contributed by atoms with Gasteiger partial charge in [0, 0.05) is 24.2 Å². The minimum atomic E-state index is -4.30. The molecule has 1 unspecified atom stereocenters. The zero-order valence-electron chi connectivity index (χ0n) is 10.7. The quantitative estimate of drug-likeness (QED) is 0.858. The highest BCUT2D eigenvalue weighted by Gasteiger charge is 2.27. The smallest absolute Gasteiger partial charge is 0.372 e. The maximum absolute atomic E-state index is 11.9. The zero-order valence-corrected chi connectivity index (χ0v) is 10.7. The number of hydrogen-bond acceptors (Lipinski definition) is 3. The molecule has 2 rings (SSSR count). The normalized spacial score (nSPS) is 13.6. The lowest BCUT2D eigenvalue weighted by atomic mass is 10.0. The Balaban J connectivity index is 1.99. The minimum absolute atomic E-state index is 0.0378. The molecule has 1 heterocycles. The summed E-state index contributed by atoms with van der Waals surface area (Å²) in [5, 5.41) is 0.955. The highest BCUT2D eigenvalue weighted by atomic mass is 19.4. The third-order valence-electron chi connectivity index (χ3n) is 2.90. The molecule has 1 aromatic carbocycles. The maximum atomic E-state index is 11.9. The maximum Gasteiger partial charge on any atom is 0.411 e. The van der Waals surface area contributed by atoms with Crippen LogP contribution in [0.25, 0.3) is 10.9 Å². The number of pyridine rings is 1. The first-order valence-electron chi connectivity index (χ1n) is 6.21. The van der Waals surface area contributed by atoms with E-state index >= 15 is 0 Å². The van der Waals surface area contributed by atoms with Gasteiger partial charge in [-0.25, -0.2) is 0 Å². The van der Waals surface area contributed by atoms with Gasteiger partial charge in [-0.3, -0.25) is 4.98 Å². The average molecular weight is 284 g/mol. The van der Waals surface area contributed by atoms with Crippen molar-refractivity contribution in [2.75, 3.05) is 13.2 Å². The van der Waals surface area contributed by atoms with Gasteiger partial charge in [0.25, 0.3) is 0 Å². The van der Waals surface area contributed by atoms with Crippen LogP contribution >= 0.6 is 0 Å². The van der Waals surface area contributed by atoms with E-state index in [2.05, 4.69) is 9.72 Å². The Bertz CT molecular complexity index is 566. The fourth-order valence-corrected chi connectivity index (χ4v) is 1.98. The van der Waals surface area contributed by atoms with Crippen LogP contribution in [0.4, 0.5) is 13.2 Å². The molecule has 0 spiro atoms. The van der Waals surface area contributed by atoms with Gasteiger partial charge in [0.2, 0.25) is 0 Å². The summed E-state index contributed by atoms with van der Waals surface area (Å²) in [7, 11) is 0. The summed E-state index contributed by atoms with van der Waals surface area (Å²) in [4.78, 5) is 4.27. The molecule has 3 nitrogen and oxygen atoms in total. The van der Waals surface area contributed by atoms with Gasteiger partial charge >= 0.3 is 6.18 Å². The van der Waals surface area contributed by atoms with Crippen molar-refractivity contribution < 1.29 is 17.9 Å². The summed E-state index contributed by atoms with van der Waals surface area (Å²) >= 11 is 0. The van der Waals surface area contributed by atoms with Gasteiger partial charge in [0.1, 0.15) is 6.61 Å². The van der Waals surface area contributed by atoms with Crippen LogP contribution in [0.3, 0.4) is 0 Å². The first kappa shape index (κ1) is 14.7.